The second-order valence-electron chi connectivity index (χ2n) is 7.15. The van der Waals surface area contributed by atoms with E-state index in [1.54, 1.807) is 11.4 Å². The highest BCUT2D eigenvalue weighted by Crippen LogP contribution is 2.31. The van der Waals surface area contributed by atoms with Crippen LogP contribution in [0.25, 0.3) is 0 Å². The average molecular weight is 434 g/mol. The Balaban J connectivity index is 1.70. The number of halogens is 1. The van der Waals surface area contributed by atoms with E-state index in [2.05, 4.69) is 4.90 Å². The molecule has 1 unspecified atom stereocenters. The number of benzene rings is 1. The number of carbonyl (C=O) groups is 3. The fourth-order valence-corrected chi connectivity index (χ4v) is 4.59. The van der Waals surface area contributed by atoms with Crippen LogP contribution in [-0.4, -0.2) is 49.0 Å². The van der Waals surface area contributed by atoms with E-state index in [9.17, 15) is 18.8 Å². The number of hydrogen-bond acceptors (Lipinski definition) is 6. The van der Waals surface area contributed by atoms with E-state index in [1.807, 2.05) is 6.92 Å². The van der Waals surface area contributed by atoms with E-state index in [0.29, 0.717) is 42.1 Å². The quantitative estimate of drug-likeness (QED) is 0.556. The Morgan fingerprint density at radius 2 is 1.83 bits per heavy atom. The first-order valence-corrected chi connectivity index (χ1v) is 10.5. The van der Waals surface area contributed by atoms with Gasteiger partial charge in [-0.15, -0.1) is 11.3 Å². The monoisotopic (exact) mass is 433 g/mol. The standard InChI is InChI=1S/C21H24FN3O4S/c1-13(25(21(23)28)17-9-12-30-19(17)20(27)29-2)24-10-7-15(8-11-24)18(26)14-3-5-16(22)6-4-14/h3-6,9,12-13,15H,7-8,10-11H2,1-2H3,(H2,23,28). The molecule has 30 heavy (non-hydrogen) atoms. The molecule has 2 aromatic rings. The maximum atomic E-state index is 13.1. The fourth-order valence-electron chi connectivity index (χ4n) is 3.79. The number of anilines is 1. The minimum absolute atomic E-state index is 0.000118. The second-order valence-corrected chi connectivity index (χ2v) is 8.06. The number of piperidine rings is 1. The summed E-state index contributed by atoms with van der Waals surface area (Å²) in [6.45, 7) is 3.01. The van der Waals surface area contributed by atoms with Gasteiger partial charge in [0.2, 0.25) is 0 Å². The Morgan fingerprint density at radius 3 is 2.40 bits per heavy atom. The highest BCUT2D eigenvalue weighted by atomic mass is 32.1. The number of ether oxygens (including phenoxy) is 1. The van der Waals surface area contributed by atoms with Crippen LogP contribution in [0.3, 0.4) is 0 Å². The van der Waals surface area contributed by atoms with Gasteiger partial charge in [0.15, 0.2) is 5.78 Å². The minimum atomic E-state index is -0.671. The van der Waals surface area contributed by atoms with Gasteiger partial charge in [-0.2, -0.15) is 0 Å². The topological polar surface area (TPSA) is 92.9 Å². The largest absolute Gasteiger partial charge is 0.465 e. The van der Waals surface area contributed by atoms with Gasteiger partial charge in [-0.1, -0.05) is 0 Å². The molecule has 0 radical (unpaired) electrons. The number of urea groups is 1. The molecule has 7 nitrogen and oxygen atoms in total. The number of ketones is 1. The number of primary amides is 1. The summed E-state index contributed by atoms with van der Waals surface area (Å²) >= 11 is 1.18. The molecule has 1 aliphatic heterocycles. The summed E-state index contributed by atoms with van der Waals surface area (Å²) < 4.78 is 17.9. The van der Waals surface area contributed by atoms with Crippen LogP contribution >= 0.6 is 11.3 Å². The Morgan fingerprint density at radius 1 is 1.20 bits per heavy atom. The first-order valence-electron chi connectivity index (χ1n) is 9.61. The Kier molecular flexibility index (Phi) is 6.84. The number of amides is 2. The average Bonchev–Trinajstić information content (AvgIpc) is 3.22. The molecule has 1 aromatic heterocycles. The van der Waals surface area contributed by atoms with Gasteiger partial charge in [0, 0.05) is 24.6 Å². The van der Waals surface area contributed by atoms with Crippen LogP contribution in [0.2, 0.25) is 0 Å². The van der Waals surface area contributed by atoms with E-state index in [-0.39, 0.29) is 17.5 Å². The molecule has 2 amide bonds. The maximum absolute atomic E-state index is 13.1. The first kappa shape index (κ1) is 21.9. The number of nitrogens with two attached hydrogens (primary N) is 1. The third kappa shape index (κ3) is 4.52. The molecule has 1 atom stereocenters. The van der Waals surface area contributed by atoms with Gasteiger partial charge in [0.05, 0.1) is 19.0 Å². The molecule has 0 aliphatic carbocycles. The summed E-state index contributed by atoms with van der Waals surface area (Å²) in [7, 11) is 1.28. The molecule has 1 fully saturated rings. The molecule has 2 heterocycles. The fraction of sp³-hybridized carbons (Fsp3) is 0.381. The predicted octanol–water partition coefficient (Wildman–Crippen LogP) is 3.50. The van der Waals surface area contributed by atoms with Crippen LogP contribution in [0.4, 0.5) is 14.9 Å². The van der Waals surface area contributed by atoms with Gasteiger partial charge >= 0.3 is 12.0 Å². The van der Waals surface area contributed by atoms with E-state index in [0.717, 1.165) is 0 Å². The number of esters is 1. The van der Waals surface area contributed by atoms with E-state index in [4.69, 9.17) is 10.5 Å². The summed E-state index contributed by atoms with van der Waals surface area (Å²) in [6.07, 6.45) is 0.823. The molecule has 0 spiro atoms. The smallest absolute Gasteiger partial charge is 0.350 e. The predicted molar refractivity (Wildman–Crippen MR) is 112 cm³/mol. The van der Waals surface area contributed by atoms with Crippen LogP contribution < -0.4 is 10.6 Å². The lowest BCUT2D eigenvalue weighted by Gasteiger charge is -2.40. The van der Waals surface area contributed by atoms with Crippen LogP contribution in [0.1, 0.15) is 39.8 Å². The lowest BCUT2D eigenvalue weighted by Crippen LogP contribution is -2.54. The van der Waals surface area contributed by atoms with Crippen molar-refractivity contribution >= 4 is 34.8 Å². The van der Waals surface area contributed by atoms with Gasteiger partial charge in [0.1, 0.15) is 10.7 Å². The van der Waals surface area contributed by atoms with Crippen LogP contribution in [0.5, 0.6) is 0 Å². The third-order valence-electron chi connectivity index (χ3n) is 5.44. The summed E-state index contributed by atoms with van der Waals surface area (Å²) in [5, 5.41) is 1.71. The number of likely N-dealkylation sites (tertiary alicyclic amines) is 1. The zero-order valence-electron chi connectivity index (χ0n) is 16.8. The minimum Gasteiger partial charge on any atom is -0.465 e. The van der Waals surface area contributed by atoms with E-state index < -0.39 is 18.2 Å². The molecule has 9 heteroatoms. The third-order valence-corrected chi connectivity index (χ3v) is 6.33. The molecule has 2 N–H and O–H groups in total. The number of methoxy groups -OCH3 is 1. The Hall–Kier alpha value is -2.78. The van der Waals surface area contributed by atoms with Crippen molar-refractivity contribution < 1.29 is 23.5 Å². The molecule has 1 saturated heterocycles. The number of rotatable bonds is 6. The molecule has 160 valence electrons. The maximum Gasteiger partial charge on any atom is 0.350 e. The molecular formula is C21H24FN3O4S. The number of Topliss-reactive ketones (excluding diaryl/α,β-unsaturated/α-hetero) is 1. The number of thiophene rings is 1. The lowest BCUT2D eigenvalue weighted by molar-refractivity contribution is 0.0605. The summed E-state index contributed by atoms with van der Waals surface area (Å²) in [4.78, 5) is 40.7. The van der Waals surface area contributed by atoms with Crippen molar-refractivity contribution in [2.75, 3.05) is 25.1 Å². The van der Waals surface area contributed by atoms with Gasteiger partial charge in [-0.05, 0) is 55.5 Å². The van der Waals surface area contributed by atoms with Gasteiger partial charge in [-0.25, -0.2) is 14.0 Å². The van der Waals surface area contributed by atoms with Gasteiger partial charge < -0.3 is 10.5 Å². The summed E-state index contributed by atoms with van der Waals surface area (Å²) in [5.74, 6) is -1.06. The van der Waals surface area contributed by atoms with Crippen molar-refractivity contribution in [2.45, 2.75) is 25.9 Å². The Labute approximate surface area is 178 Å². The molecule has 0 bridgehead atoms. The van der Waals surface area contributed by atoms with Crippen LogP contribution in [0, 0.1) is 11.7 Å². The number of carbonyl (C=O) groups excluding carboxylic acids is 3. The van der Waals surface area contributed by atoms with Crippen molar-refractivity contribution in [3.63, 3.8) is 0 Å². The number of nitrogens with zero attached hydrogens (tertiary/aromatic N) is 2. The zero-order chi connectivity index (χ0) is 21.8. The molecule has 1 aromatic carbocycles. The van der Waals surface area contributed by atoms with Crippen LogP contribution in [-0.2, 0) is 4.74 Å². The van der Waals surface area contributed by atoms with Crippen molar-refractivity contribution in [3.05, 3.63) is 52.0 Å². The molecule has 1 aliphatic rings. The van der Waals surface area contributed by atoms with Crippen molar-refractivity contribution in [3.8, 4) is 0 Å². The Bertz CT molecular complexity index is 923. The summed E-state index contributed by atoms with van der Waals surface area (Å²) in [5.41, 5.74) is 6.55. The summed E-state index contributed by atoms with van der Waals surface area (Å²) in [6, 6.07) is 6.58. The normalized spacial score (nSPS) is 16.1. The molecular weight excluding hydrogens is 409 g/mol. The van der Waals surface area contributed by atoms with E-state index in [1.165, 1.54) is 47.6 Å². The second kappa shape index (κ2) is 9.36. The zero-order valence-corrected chi connectivity index (χ0v) is 17.7. The van der Waals surface area contributed by atoms with Crippen molar-refractivity contribution in [1.82, 2.24) is 4.90 Å². The van der Waals surface area contributed by atoms with Gasteiger partial charge in [-0.3, -0.25) is 14.6 Å². The van der Waals surface area contributed by atoms with Gasteiger partial charge in [0.25, 0.3) is 0 Å². The molecule has 0 saturated carbocycles. The SMILES string of the molecule is COC(=O)c1sccc1N(C(N)=O)C(C)N1CCC(C(=O)c2ccc(F)cc2)CC1. The first-order chi connectivity index (χ1) is 14.3. The highest BCUT2D eigenvalue weighted by Gasteiger charge is 2.33. The lowest BCUT2D eigenvalue weighted by atomic mass is 9.88. The number of hydrogen-bond donors (Lipinski definition) is 1. The molecule has 3 rings (SSSR count). The highest BCUT2D eigenvalue weighted by molar-refractivity contribution is 7.12. The van der Waals surface area contributed by atoms with E-state index >= 15 is 0 Å². The van der Waals surface area contributed by atoms with Crippen molar-refractivity contribution in [1.29, 1.82) is 0 Å². The van der Waals surface area contributed by atoms with Crippen LogP contribution in [0.15, 0.2) is 35.7 Å². The van der Waals surface area contributed by atoms with Crippen molar-refractivity contribution in [2.24, 2.45) is 11.7 Å².